The topological polar surface area (TPSA) is 103 Å². The molecule has 0 amide bonds. The molecule has 6 nitrogen and oxygen atoms in total. The Morgan fingerprint density at radius 3 is 2.58 bits per heavy atom. The predicted octanol–water partition coefficient (Wildman–Crippen LogP) is 1.63. The summed E-state index contributed by atoms with van der Waals surface area (Å²) in [5.74, 6) is 0.00821. The number of nitrogens with zero attached hydrogens (tertiary/aromatic N) is 1. The summed E-state index contributed by atoms with van der Waals surface area (Å²) in [5, 5.41) is 38.6. The van der Waals surface area contributed by atoms with Gasteiger partial charge in [0.2, 0.25) is 0 Å². The maximum absolute atomic E-state index is 10.3. The number of pyridine rings is 1. The first-order valence-electron chi connectivity index (χ1n) is 7.93. The van der Waals surface area contributed by atoms with E-state index in [4.69, 9.17) is 9.84 Å². The molecule has 1 aromatic heterocycles. The maximum Gasteiger partial charge on any atom is 0.128 e. The van der Waals surface area contributed by atoms with Gasteiger partial charge in [-0.3, -0.25) is 4.98 Å². The van der Waals surface area contributed by atoms with Crippen molar-refractivity contribution < 1.29 is 25.2 Å². The van der Waals surface area contributed by atoms with Gasteiger partial charge in [-0.1, -0.05) is 13.0 Å². The number of aromatic nitrogens is 1. The van der Waals surface area contributed by atoms with E-state index in [0.717, 1.165) is 11.1 Å². The van der Waals surface area contributed by atoms with Crippen LogP contribution in [-0.4, -0.2) is 51.3 Å². The molecule has 24 heavy (non-hydrogen) atoms. The van der Waals surface area contributed by atoms with Crippen molar-refractivity contribution in [3.8, 4) is 22.8 Å². The molecule has 0 saturated carbocycles. The average molecular weight is 333 g/mol. The second-order valence-electron chi connectivity index (χ2n) is 5.48. The number of hydrogen-bond donors (Lipinski definition) is 4. The Morgan fingerprint density at radius 2 is 1.96 bits per heavy atom. The van der Waals surface area contributed by atoms with Crippen molar-refractivity contribution >= 4 is 0 Å². The number of aliphatic hydroxyl groups is 2. The van der Waals surface area contributed by atoms with Gasteiger partial charge in [-0.15, -0.1) is 0 Å². The third-order valence-corrected chi connectivity index (χ3v) is 3.80. The van der Waals surface area contributed by atoms with Crippen LogP contribution in [0.2, 0.25) is 0 Å². The molecule has 4 N–H and O–H groups in total. The summed E-state index contributed by atoms with van der Waals surface area (Å²) in [6.07, 6.45) is 1.77. The molecule has 0 fully saturated rings. The van der Waals surface area contributed by atoms with Crippen molar-refractivity contribution in [1.29, 1.82) is 0 Å². The zero-order chi connectivity index (χ0) is 17.5. The Kier molecular flexibility index (Phi) is 6.54. The van der Waals surface area contributed by atoms with Gasteiger partial charge < -0.3 is 25.2 Å². The second kappa shape index (κ2) is 8.63. The summed E-state index contributed by atoms with van der Waals surface area (Å²) in [4.78, 5) is 4.29. The van der Waals surface area contributed by atoms with Crippen LogP contribution in [0, 0.1) is 0 Å². The molecule has 1 unspecified atom stereocenters. The molecule has 0 aliphatic heterocycles. The van der Waals surface area contributed by atoms with Crippen molar-refractivity contribution in [2.75, 3.05) is 19.8 Å². The highest BCUT2D eigenvalue weighted by Gasteiger charge is 2.19. The lowest BCUT2D eigenvalue weighted by Crippen LogP contribution is -2.20. The van der Waals surface area contributed by atoms with E-state index in [1.165, 1.54) is 6.07 Å². The van der Waals surface area contributed by atoms with Crippen LogP contribution in [0.5, 0.6) is 11.5 Å². The van der Waals surface area contributed by atoms with Gasteiger partial charge in [0.15, 0.2) is 0 Å². The molecule has 0 aliphatic carbocycles. The Bertz CT molecular complexity index is 660. The van der Waals surface area contributed by atoms with Crippen LogP contribution in [-0.2, 0) is 17.6 Å². The standard InChI is InChI=1S/C18H23NO5/c1-2-13-14(6-8-24-11-12(21)10-20)18(17(23)9-16(13)22)15-5-3-4-7-19-15/h3-5,7,9,12,20-23H,2,6,8,10-11H2,1H3. The number of aliphatic hydroxyl groups excluding tert-OH is 2. The van der Waals surface area contributed by atoms with E-state index in [0.29, 0.717) is 24.1 Å². The molecule has 6 heteroatoms. The second-order valence-corrected chi connectivity index (χ2v) is 5.48. The number of ether oxygens (including phenoxy) is 1. The quantitative estimate of drug-likeness (QED) is 0.548. The van der Waals surface area contributed by atoms with Crippen LogP contribution in [0.3, 0.4) is 0 Å². The number of rotatable bonds is 8. The first-order valence-corrected chi connectivity index (χ1v) is 7.93. The minimum Gasteiger partial charge on any atom is -0.508 e. The summed E-state index contributed by atoms with van der Waals surface area (Å²) in [6.45, 7) is 1.88. The Balaban J connectivity index is 2.32. The van der Waals surface area contributed by atoms with Crippen LogP contribution in [0.15, 0.2) is 30.5 Å². The van der Waals surface area contributed by atoms with Gasteiger partial charge in [-0.25, -0.2) is 0 Å². The van der Waals surface area contributed by atoms with E-state index in [2.05, 4.69) is 4.98 Å². The number of benzene rings is 1. The van der Waals surface area contributed by atoms with Crippen LogP contribution < -0.4 is 0 Å². The number of phenols is 2. The molecule has 0 aliphatic rings. The molecular weight excluding hydrogens is 310 g/mol. The first-order chi connectivity index (χ1) is 11.6. The number of hydrogen-bond acceptors (Lipinski definition) is 6. The molecule has 0 spiro atoms. The van der Waals surface area contributed by atoms with Crippen molar-refractivity contribution in [1.82, 2.24) is 4.98 Å². The van der Waals surface area contributed by atoms with Gasteiger partial charge in [-0.05, 0) is 36.1 Å². The van der Waals surface area contributed by atoms with Crippen molar-refractivity contribution in [2.24, 2.45) is 0 Å². The third kappa shape index (κ3) is 4.23. The first kappa shape index (κ1) is 18.2. The van der Waals surface area contributed by atoms with Crippen LogP contribution in [0.25, 0.3) is 11.3 Å². The van der Waals surface area contributed by atoms with Crippen LogP contribution in [0.4, 0.5) is 0 Å². The van der Waals surface area contributed by atoms with Gasteiger partial charge >= 0.3 is 0 Å². The largest absolute Gasteiger partial charge is 0.508 e. The fourth-order valence-electron chi connectivity index (χ4n) is 2.66. The summed E-state index contributed by atoms with van der Waals surface area (Å²) in [6, 6.07) is 6.76. The van der Waals surface area contributed by atoms with E-state index in [1.54, 1.807) is 18.3 Å². The van der Waals surface area contributed by atoms with E-state index < -0.39 is 6.10 Å². The predicted molar refractivity (Wildman–Crippen MR) is 90.0 cm³/mol. The van der Waals surface area contributed by atoms with Crippen molar-refractivity contribution in [3.05, 3.63) is 41.6 Å². The molecule has 1 aromatic carbocycles. The zero-order valence-corrected chi connectivity index (χ0v) is 13.6. The fourth-order valence-corrected chi connectivity index (χ4v) is 2.66. The van der Waals surface area contributed by atoms with Crippen LogP contribution in [0.1, 0.15) is 18.1 Å². The average Bonchev–Trinajstić information content (AvgIpc) is 2.59. The lowest BCUT2D eigenvalue weighted by Gasteiger charge is -2.17. The Morgan fingerprint density at radius 1 is 1.17 bits per heavy atom. The molecule has 1 atom stereocenters. The minimum atomic E-state index is -0.913. The fraction of sp³-hybridized carbons (Fsp3) is 0.389. The van der Waals surface area contributed by atoms with Gasteiger partial charge in [0.05, 0.1) is 25.5 Å². The summed E-state index contributed by atoms with van der Waals surface area (Å²) in [5.41, 5.74) is 2.71. The van der Waals surface area contributed by atoms with Gasteiger partial charge in [0, 0.05) is 17.8 Å². The van der Waals surface area contributed by atoms with Gasteiger partial charge in [0.1, 0.15) is 17.6 Å². The number of phenolic OH excluding ortho intramolecular Hbond substituents is 2. The molecule has 2 aromatic rings. The summed E-state index contributed by atoms with van der Waals surface area (Å²) < 4.78 is 5.37. The van der Waals surface area contributed by atoms with Gasteiger partial charge in [-0.2, -0.15) is 0 Å². The molecule has 0 bridgehead atoms. The molecule has 1 heterocycles. The molecule has 0 saturated heterocycles. The Labute approximate surface area is 141 Å². The smallest absolute Gasteiger partial charge is 0.128 e. The van der Waals surface area contributed by atoms with E-state index in [1.807, 2.05) is 13.0 Å². The molecule has 130 valence electrons. The van der Waals surface area contributed by atoms with E-state index >= 15 is 0 Å². The van der Waals surface area contributed by atoms with Crippen molar-refractivity contribution in [2.45, 2.75) is 25.9 Å². The molecule has 0 radical (unpaired) electrons. The van der Waals surface area contributed by atoms with E-state index in [9.17, 15) is 15.3 Å². The normalized spacial score (nSPS) is 12.3. The molecular formula is C18H23NO5. The van der Waals surface area contributed by atoms with Crippen LogP contribution >= 0.6 is 0 Å². The molecule has 2 rings (SSSR count). The maximum atomic E-state index is 10.3. The summed E-state index contributed by atoms with van der Waals surface area (Å²) in [7, 11) is 0. The zero-order valence-electron chi connectivity index (χ0n) is 13.6. The highest BCUT2D eigenvalue weighted by atomic mass is 16.5. The minimum absolute atomic E-state index is 0.0294. The van der Waals surface area contributed by atoms with E-state index in [-0.39, 0.29) is 31.3 Å². The van der Waals surface area contributed by atoms with Gasteiger partial charge in [0.25, 0.3) is 0 Å². The van der Waals surface area contributed by atoms with Crippen molar-refractivity contribution in [3.63, 3.8) is 0 Å². The lowest BCUT2D eigenvalue weighted by atomic mass is 9.93. The number of aromatic hydroxyl groups is 2. The SMILES string of the molecule is CCc1c(O)cc(O)c(-c2ccccn2)c1CCOCC(O)CO. The Hall–Kier alpha value is -2.15. The summed E-state index contributed by atoms with van der Waals surface area (Å²) >= 11 is 0. The highest BCUT2D eigenvalue weighted by Crippen LogP contribution is 2.39. The lowest BCUT2D eigenvalue weighted by molar-refractivity contribution is 0.00720. The highest BCUT2D eigenvalue weighted by molar-refractivity contribution is 5.74. The third-order valence-electron chi connectivity index (χ3n) is 3.80. The monoisotopic (exact) mass is 333 g/mol.